The fourth-order valence-electron chi connectivity index (χ4n) is 3.81. The molecule has 3 saturated heterocycles. The lowest BCUT2D eigenvalue weighted by atomic mass is 9.93. The molecule has 5 unspecified atom stereocenters. The molecule has 0 aromatic carbocycles. The van der Waals surface area contributed by atoms with Gasteiger partial charge in [0.2, 0.25) is 0 Å². The normalized spacial score (nSPS) is 48.0. The van der Waals surface area contributed by atoms with Crippen LogP contribution in [0.1, 0.15) is 46.0 Å². The fourth-order valence-corrected chi connectivity index (χ4v) is 3.81. The summed E-state index contributed by atoms with van der Waals surface area (Å²) in [6, 6.07) is 2.05. The summed E-state index contributed by atoms with van der Waals surface area (Å²) in [6.45, 7) is 7.13. The molecule has 1 N–H and O–H groups in total. The number of fused-ring (bicyclic) bond motifs is 2. The van der Waals surface area contributed by atoms with Crippen LogP contribution in [0.5, 0.6) is 0 Å². The summed E-state index contributed by atoms with van der Waals surface area (Å²) >= 11 is 0. The van der Waals surface area contributed by atoms with Crippen molar-refractivity contribution in [2.45, 2.75) is 76.3 Å². The number of hydrogen-bond donors (Lipinski definition) is 1. The van der Waals surface area contributed by atoms with Crippen LogP contribution in [-0.2, 0) is 4.74 Å². The van der Waals surface area contributed by atoms with Crippen molar-refractivity contribution in [1.82, 2.24) is 10.2 Å². The summed E-state index contributed by atoms with van der Waals surface area (Å²) in [5, 5.41) is 3.67. The fraction of sp³-hybridized carbons (Fsp3) is 1.00. The predicted molar refractivity (Wildman–Crippen MR) is 69.2 cm³/mol. The second kappa shape index (κ2) is 4.87. The first-order chi connectivity index (χ1) is 8.22. The van der Waals surface area contributed by atoms with Crippen molar-refractivity contribution < 1.29 is 4.74 Å². The molecule has 0 radical (unpaired) electrons. The quantitative estimate of drug-likeness (QED) is 0.753. The standard InChI is InChI=1S/C14H26N2O/c1-10-5-7-16(8-6-11(2)15-10)13-9-12-3-4-14(13)17-12/h10-15H,3-9H2,1-2H3. The number of hydrogen-bond acceptors (Lipinski definition) is 3. The van der Waals surface area contributed by atoms with Crippen LogP contribution in [0.25, 0.3) is 0 Å². The Bertz CT molecular complexity index is 259. The van der Waals surface area contributed by atoms with Gasteiger partial charge in [0, 0.05) is 31.2 Å². The van der Waals surface area contributed by atoms with Gasteiger partial charge in [-0.2, -0.15) is 0 Å². The maximum atomic E-state index is 6.01. The minimum Gasteiger partial charge on any atom is -0.373 e. The highest BCUT2D eigenvalue weighted by atomic mass is 16.5. The van der Waals surface area contributed by atoms with E-state index in [0.717, 1.165) is 6.04 Å². The Morgan fingerprint density at radius 2 is 1.71 bits per heavy atom. The average Bonchev–Trinajstić information content (AvgIpc) is 2.88. The summed E-state index contributed by atoms with van der Waals surface area (Å²) in [4.78, 5) is 2.72. The second-order valence-electron chi connectivity index (χ2n) is 6.26. The first-order valence-electron chi connectivity index (χ1n) is 7.38. The first-order valence-corrected chi connectivity index (χ1v) is 7.38. The van der Waals surface area contributed by atoms with Crippen molar-refractivity contribution in [3.63, 3.8) is 0 Å². The molecule has 98 valence electrons. The Balaban J connectivity index is 1.62. The van der Waals surface area contributed by atoms with E-state index in [4.69, 9.17) is 4.74 Å². The monoisotopic (exact) mass is 238 g/mol. The van der Waals surface area contributed by atoms with Crippen molar-refractivity contribution in [2.24, 2.45) is 0 Å². The van der Waals surface area contributed by atoms with Crippen LogP contribution in [0.4, 0.5) is 0 Å². The molecule has 2 bridgehead atoms. The molecule has 17 heavy (non-hydrogen) atoms. The van der Waals surface area contributed by atoms with Gasteiger partial charge in [-0.25, -0.2) is 0 Å². The molecule has 3 rings (SSSR count). The van der Waals surface area contributed by atoms with Gasteiger partial charge in [0.1, 0.15) is 0 Å². The molecule has 0 aliphatic carbocycles. The lowest BCUT2D eigenvalue weighted by Crippen LogP contribution is -2.48. The predicted octanol–water partition coefficient (Wildman–Crippen LogP) is 1.77. The van der Waals surface area contributed by atoms with E-state index in [1.807, 2.05) is 0 Å². The Kier molecular flexibility index (Phi) is 3.42. The average molecular weight is 238 g/mol. The van der Waals surface area contributed by atoms with Crippen LogP contribution in [0.2, 0.25) is 0 Å². The molecule has 0 spiro atoms. The highest BCUT2D eigenvalue weighted by molar-refractivity contribution is 4.96. The summed E-state index contributed by atoms with van der Waals surface area (Å²) < 4.78 is 6.01. The lowest BCUT2D eigenvalue weighted by molar-refractivity contribution is 0.0641. The van der Waals surface area contributed by atoms with E-state index in [0.29, 0.717) is 24.3 Å². The van der Waals surface area contributed by atoms with Gasteiger partial charge < -0.3 is 10.1 Å². The summed E-state index contributed by atoms with van der Waals surface area (Å²) in [5.41, 5.74) is 0. The third-order valence-electron chi connectivity index (χ3n) is 4.81. The van der Waals surface area contributed by atoms with Gasteiger partial charge in [0.15, 0.2) is 0 Å². The van der Waals surface area contributed by atoms with Gasteiger partial charge in [0.25, 0.3) is 0 Å². The largest absolute Gasteiger partial charge is 0.373 e. The Labute approximate surface area is 105 Å². The number of ether oxygens (including phenoxy) is 1. The van der Waals surface area contributed by atoms with Crippen molar-refractivity contribution in [3.05, 3.63) is 0 Å². The van der Waals surface area contributed by atoms with E-state index in [-0.39, 0.29) is 0 Å². The van der Waals surface area contributed by atoms with Gasteiger partial charge in [-0.3, -0.25) is 4.90 Å². The molecule has 3 aliphatic heterocycles. The van der Waals surface area contributed by atoms with Crippen molar-refractivity contribution in [3.8, 4) is 0 Å². The van der Waals surface area contributed by atoms with Gasteiger partial charge in [0.05, 0.1) is 12.2 Å². The van der Waals surface area contributed by atoms with Crippen LogP contribution in [0.15, 0.2) is 0 Å². The SMILES string of the molecule is CC1CCN(C2CC3CCC2O3)CCC(C)N1. The smallest absolute Gasteiger partial charge is 0.0735 e. The summed E-state index contributed by atoms with van der Waals surface area (Å²) in [7, 11) is 0. The lowest BCUT2D eigenvalue weighted by Gasteiger charge is -2.37. The highest BCUT2D eigenvalue weighted by Crippen LogP contribution is 2.37. The van der Waals surface area contributed by atoms with Crippen molar-refractivity contribution >= 4 is 0 Å². The molecule has 3 fully saturated rings. The zero-order valence-corrected chi connectivity index (χ0v) is 11.2. The summed E-state index contributed by atoms with van der Waals surface area (Å²) in [5.74, 6) is 0. The maximum absolute atomic E-state index is 6.01. The van der Waals surface area contributed by atoms with Gasteiger partial charge in [-0.1, -0.05) is 0 Å². The number of nitrogens with zero attached hydrogens (tertiary/aromatic N) is 1. The third-order valence-corrected chi connectivity index (χ3v) is 4.81. The van der Waals surface area contributed by atoms with Crippen LogP contribution in [0, 0.1) is 0 Å². The Morgan fingerprint density at radius 1 is 1.00 bits per heavy atom. The number of rotatable bonds is 1. The van der Waals surface area contributed by atoms with Crippen molar-refractivity contribution in [2.75, 3.05) is 13.1 Å². The van der Waals surface area contributed by atoms with Crippen LogP contribution in [-0.4, -0.2) is 48.3 Å². The van der Waals surface area contributed by atoms with E-state index in [1.165, 1.54) is 45.2 Å². The molecule has 0 amide bonds. The Morgan fingerprint density at radius 3 is 2.24 bits per heavy atom. The van der Waals surface area contributed by atoms with E-state index in [9.17, 15) is 0 Å². The van der Waals surface area contributed by atoms with E-state index < -0.39 is 0 Å². The molecular weight excluding hydrogens is 212 g/mol. The van der Waals surface area contributed by atoms with E-state index >= 15 is 0 Å². The molecule has 3 heterocycles. The molecule has 5 atom stereocenters. The van der Waals surface area contributed by atoms with Gasteiger partial charge in [-0.15, -0.1) is 0 Å². The molecule has 0 aromatic heterocycles. The highest BCUT2D eigenvalue weighted by Gasteiger charge is 2.43. The molecule has 3 nitrogen and oxygen atoms in total. The molecule has 0 saturated carbocycles. The molecule has 0 aromatic rings. The molecular formula is C14H26N2O. The first kappa shape index (κ1) is 11.9. The van der Waals surface area contributed by atoms with Crippen molar-refractivity contribution in [1.29, 1.82) is 0 Å². The second-order valence-corrected chi connectivity index (χ2v) is 6.26. The summed E-state index contributed by atoms with van der Waals surface area (Å²) in [6.07, 6.45) is 7.59. The van der Waals surface area contributed by atoms with E-state index in [1.54, 1.807) is 0 Å². The minimum absolute atomic E-state index is 0.554. The minimum atomic E-state index is 0.554. The molecule has 3 heteroatoms. The maximum Gasteiger partial charge on any atom is 0.0735 e. The number of nitrogens with one attached hydrogen (secondary N) is 1. The van der Waals surface area contributed by atoms with Crippen LogP contribution < -0.4 is 5.32 Å². The van der Waals surface area contributed by atoms with E-state index in [2.05, 4.69) is 24.1 Å². The molecule has 3 aliphatic rings. The van der Waals surface area contributed by atoms with Crippen LogP contribution in [0.3, 0.4) is 0 Å². The zero-order chi connectivity index (χ0) is 11.8. The Hall–Kier alpha value is -0.120. The van der Waals surface area contributed by atoms with Gasteiger partial charge >= 0.3 is 0 Å². The van der Waals surface area contributed by atoms with Gasteiger partial charge in [-0.05, 0) is 46.0 Å². The zero-order valence-electron chi connectivity index (χ0n) is 11.2. The third kappa shape index (κ3) is 2.51. The van der Waals surface area contributed by atoms with Crippen LogP contribution >= 0.6 is 0 Å². The topological polar surface area (TPSA) is 24.5 Å².